The van der Waals surface area contributed by atoms with Gasteiger partial charge in [-0.25, -0.2) is 0 Å². The number of carboxylic acids is 3. The van der Waals surface area contributed by atoms with Gasteiger partial charge in [-0.1, -0.05) is 0 Å². The molecule has 20 heavy (non-hydrogen) atoms. The molecule has 0 aromatic rings. The Balaban J connectivity index is -0.000000288. The van der Waals surface area contributed by atoms with Crippen LogP contribution in [-0.2, 0) is 14.4 Å². The molecule has 0 bridgehead atoms. The van der Waals surface area contributed by atoms with E-state index in [0.29, 0.717) is 23.2 Å². The number of rotatable bonds is 6. The molecule has 0 aliphatic carbocycles. The largest absolute Gasteiger partial charge is 2.00 e. The summed E-state index contributed by atoms with van der Waals surface area (Å²) in [5.41, 5.74) is 0. The summed E-state index contributed by atoms with van der Waals surface area (Å²) in [4.78, 5) is 28.8. The zero-order chi connectivity index (χ0) is 15.6. The molecule has 0 saturated heterocycles. The number of carbonyl (C=O) groups excluding carboxylic acids is 3. The minimum Gasteiger partial charge on any atom is -0.550 e. The first-order valence-electron chi connectivity index (χ1n) is 5.22. The van der Waals surface area contributed by atoms with Gasteiger partial charge in [0.2, 0.25) is 0 Å². The van der Waals surface area contributed by atoms with Gasteiger partial charge in [-0.2, -0.15) is 0 Å². The Labute approximate surface area is 146 Å². The van der Waals surface area contributed by atoms with E-state index in [4.69, 9.17) is 5.11 Å². The van der Waals surface area contributed by atoms with E-state index >= 15 is 0 Å². The normalized spacial score (nSPS) is 11.8. The standard InChI is InChI=1S/C7H15NO3.C4H4O4.Ca/c1-8(2,3)5-6(9)4-7(10)11;5-3(6)1-2-4(7)8;/h6,9H,4-5H2,1-3H3;1-2H,(H,5,6)(H,7,8);/q;;+2/p-2/b;2-1+;/t6-;;/m1../s1. The molecule has 0 spiro atoms. The van der Waals surface area contributed by atoms with E-state index in [9.17, 15) is 29.7 Å². The average molecular weight is 315 g/mol. The van der Waals surface area contributed by atoms with Crippen molar-refractivity contribution in [1.82, 2.24) is 0 Å². The number of aliphatic hydroxyl groups is 1. The molecule has 9 heteroatoms. The van der Waals surface area contributed by atoms with Crippen molar-refractivity contribution in [3.63, 3.8) is 0 Å². The fraction of sp³-hybridized carbons (Fsp3) is 0.545. The maximum atomic E-state index is 10.0. The molecule has 0 radical (unpaired) electrons. The van der Waals surface area contributed by atoms with Crippen molar-refractivity contribution in [3.8, 4) is 0 Å². The Morgan fingerprint density at radius 1 is 1.05 bits per heavy atom. The summed E-state index contributed by atoms with van der Waals surface area (Å²) < 4.78 is 0.550. The number of aliphatic hydroxyl groups excluding tert-OH is 1. The van der Waals surface area contributed by atoms with Crippen molar-refractivity contribution in [2.24, 2.45) is 0 Å². The maximum Gasteiger partial charge on any atom is 2.00 e. The Morgan fingerprint density at radius 3 is 1.60 bits per heavy atom. The van der Waals surface area contributed by atoms with Crippen LogP contribution in [0.4, 0.5) is 0 Å². The van der Waals surface area contributed by atoms with Gasteiger partial charge >= 0.3 is 37.7 Å². The van der Waals surface area contributed by atoms with E-state index in [-0.39, 0.29) is 44.2 Å². The van der Waals surface area contributed by atoms with E-state index in [1.807, 2.05) is 21.1 Å². The molecule has 1 N–H and O–H groups in total. The molecule has 0 heterocycles. The number of carbonyl (C=O) groups is 3. The third-order valence-electron chi connectivity index (χ3n) is 1.52. The van der Waals surface area contributed by atoms with Gasteiger partial charge in [0.05, 0.1) is 33.1 Å². The molecule has 0 aliphatic heterocycles. The van der Waals surface area contributed by atoms with Crippen LogP contribution in [0.5, 0.6) is 0 Å². The van der Waals surface area contributed by atoms with Crippen LogP contribution in [0.3, 0.4) is 0 Å². The van der Waals surface area contributed by atoms with Gasteiger partial charge in [-0.15, -0.1) is 0 Å². The molecule has 0 rings (SSSR count). The van der Waals surface area contributed by atoms with Crippen molar-refractivity contribution in [2.45, 2.75) is 12.5 Å². The predicted molar refractivity (Wildman–Crippen MR) is 63.4 cm³/mol. The van der Waals surface area contributed by atoms with Crippen molar-refractivity contribution >= 4 is 55.6 Å². The summed E-state index contributed by atoms with van der Waals surface area (Å²) >= 11 is 0. The monoisotopic (exact) mass is 315 g/mol. The molecule has 0 unspecified atom stereocenters. The van der Waals surface area contributed by atoms with E-state index in [1.54, 1.807) is 0 Å². The summed E-state index contributed by atoms with van der Waals surface area (Å²) in [5, 5.41) is 38.0. The summed E-state index contributed by atoms with van der Waals surface area (Å²) in [6.45, 7) is 0.425. The van der Waals surface area contributed by atoms with Gasteiger partial charge in [0, 0.05) is 12.4 Å². The fourth-order valence-corrected chi connectivity index (χ4v) is 1.03. The molecule has 0 aromatic carbocycles. The number of hydrogen-bond donors (Lipinski definition) is 1. The molecule has 1 atom stereocenters. The van der Waals surface area contributed by atoms with Crippen LogP contribution in [-0.4, -0.2) is 99.0 Å². The number of hydrogen-bond acceptors (Lipinski definition) is 7. The van der Waals surface area contributed by atoms with Gasteiger partial charge in [-0.3, -0.25) is 0 Å². The molecule has 0 aliphatic rings. The molecule has 8 nitrogen and oxygen atoms in total. The van der Waals surface area contributed by atoms with Crippen LogP contribution >= 0.6 is 0 Å². The molecule has 0 aromatic heterocycles. The van der Waals surface area contributed by atoms with Gasteiger partial charge in [0.1, 0.15) is 12.6 Å². The first-order valence-corrected chi connectivity index (χ1v) is 5.22. The zero-order valence-corrected chi connectivity index (χ0v) is 13.9. The van der Waals surface area contributed by atoms with Crippen LogP contribution in [0, 0.1) is 0 Å². The molecule has 0 fully saturated rings. The van der Waals surface area contributed by atoms with E-state index < -0.39 is 24.0 Å². The third-order valence-corrected chi connectivity index (χ3v) is 1.52. The van der Waals surface area contributed by atoms with Gasteiger partial charge in [0.25, 0.3) is 0 Å². The van der Waals surface area contributed by atoms with E-state index in [1.165, 1.54) is 0 Å². The molecule has 0 saturated carbocycles. The van der Waals surface area contributed by atoms with Crippen molar-refractivity contribution < 1.29 is 39.3 Å². The Bertz CT molecular complexity index is 333. The minimum atomic E-state index is -1.55. The van der Waals surface area contributed by atoms with E-state index in [2.05, 4.69) is 0 Å². The summed E-state index contributed by atoms with van der Waals surface area (Å²) in [7, 11) is 5.66. The number of nitrogens with zero attached hydrogens (tertiary/aromatic N) is 1. The number of quaternary nitrogens is 1. The number of likely N-dealkylation sites (N-methyl/N-ethyl adjacent to an activating group) is 1. The molecule has 110 valence electrons. The second-order valence-corrected chi connectivity index (χ2v) is 4.67. The van der Waals surface area contributed by atoms with Gasteiger partial charge in [-0.05, 0) is 12.2 Å². The van der Waals surface area contributed by atoms with Crippen molar-refractivity contribution in [3.05, 3.63) is 12.2 Å². The maximum absolute atomic E-state index is 10.0. The topological polar surface area (TPSA) is 141 Å². The summed E-state index contributed by atoms with van der Waals surface area (Å²) in [5.74, 6) is -4.30. The Hall–Kier alpha value is -0.670. The molecular formula is C11H17CaNO7. The first kappa shape index (κ1) is 24.4. The smallest absolute Gasteiger partial charge is 0.550 e. The van der Waals surface area contributed by atoms with Gasteiger partial charge in [0.15, 0.2) is 0 Å². The first-order chi connectivity index (χ1) is 8.44. The third kappa shape index (κ3) is 26.0. The second kappa shape index (κ2) is 12.1. The Morgan fingerprint density at radius 2 is 1.40 bits per heavy atom. The van der Waals surface area contributed by atoms with E-state index in [0.717, 1.165) is 0 Å². The fourth-order valence-electron chi connectivity index (χ4n) is 1.03. The van der Waals surface area contributed by atoms with Crippen LogP contribution in [0.25, 0.3) is 0 Å². The van der Waals surface area contributed by atoms with Crippen molar-refractivity contribution in [2.75, 3.05) is 27.7 Å². The quantitative estimate of drug-likeness (QED) is 0.293. The number of aliphatic carboxylic acids is 3. The summed E-state index contributed by atoms with van der Waals surface area (Å²) in [6.07, 6.45) is -0.319. The van der Waals surface area contributed by atoms with Gasteiger partial charge < -0.3 is 39.3 Å². The SMILES string of the molecule is C[N+](C)(C)C[C@H](O)CC(=O)[O-].O=C([O-])/C=C/C(=O)[O-].[Ca+2]. The zero-order valence-electron chi connectivity index (χ0n) is 11.7. The van der Waals surface area contributed by atoms with Crippen LogP contribution in [0.15, 0.2) is 12.2 Å². The number of carboxylic acid groups (broad SMARTS) is 3. The summed E-state index contributed by atoms with van der Waals surface area (Å²) in [6, 6.07) is 0. The van der Waals surface area contributed by atoms with Crippen LogP contribution in [0.1, 0.15) is 6.42 Å². The van der Waals surface area contributed by atoms with Crippen LogP contribution in [0.2, 0.25) is 0 Å². The molecular weight excluding hydrogens is 298 g/mol. The minimum absolute atomic E-state index is 0. The second-order valence-electron chi connectivity index (χ2n) is 4.67. The average Bonchev–Trinajstić information content (AvgIpc) is 2.10. The predicted octanol–water partition coefficient (Wildman–Crippen LogP) is -5.14. The Kier molecular flexibility index (Phi) is 14.7. The van der Waals surface area contributed by atoms with Crippen LogP contribution < -0.4 is 15.3 Å². The van der Waals surface area contributed by atoms with Crippen molar-refractivity contribution in [1.29, 1.82) is 0 Å². The molecule has 0 amide bonds.